The maximum absolute atomic E-state index is 13.3. The molecule has 0 amide bonds. The van der Waals surface area contributed by atoms with E-state index in [1.165, 1.54) is 0 Å². The summed E-state index contributed by atoms with van der Waals surface area (Å²) in [7, 11) is 0. The van der Waals surface area contributed by atoms with Crippen molar-refractivity contribution in [2.24, 2.45) is 0 Å². The molecule has 0 bridgehead atoms. The lowest BCUT2D eigenvalue weighted by Gasteiger charge is -2.30. The van der Waals surface area contributed by atoms with Gasteiger partial charge in [-0.3, -0.25) is 9.69 Å². The lowest BCUT2D eigenvalue weighted by Crippen LogP contribution is -2.33. The Hall–Kier alpha value is -3.76. The molecule has 1 saturated heterocycles. The molecule has 0 radical (unpaired) electrons. The minimum absolute atomic E-state index is 0.0843. The molecular formula is C29H34N6O4. The fourth-order valence-electron chi connectivity index (χ4n) is 5.78. The normalized spacial score (nSPS) is 17.4. The zero-order chi connectivity index (χ0) is 26.9. The van der Waals surface area contributed by atoms with E-state index in [2.05, 4.69) is 51.4 Å². The standard InChI is InChI=1S/C29H34N6O4/c1-4-24(28-31-32-33-35(28)16-23-6-5-9-37-23)34(14-20-7-8-25-26(12-20)39-17-38-25)15-22-13-21-11-18(2)10-19(3)27(21)30-29(22)36/h7-8,10-13,23-24H,4-6,9,14-17H2,1-3H3,(H,30,36)/t23-,24+/m0/s1. The first-order valence-corrected chi connectivity index (χ1v) is 13.6. The van der Waals surface area contributed by atoms with Gasteiger partial charge in [-0.1, -0.05) is 24.6 Å². The number of hydrogen-bond acceptors (Lipinski definition) is 8. The van der Waals surface area contributed by atoms with E-state index in [4.69, 9.17) is 14.2 Å². The van der Waals surface area contributed by atoms with Crippen LogP contribution in [0.1, 0.15) is 60.3 Å². The summed E-state index contributed by atoms with van der Waals surface area (Å²) in [6, 6.07) is 12.1. The second kappa shape index (κ2) is 10.8. The van der Waals surface area contributed by atoms with Crippen LogP contribution >= 0.6 is 0 Å². The Kier molecular flexibility index (Phi) is 7.05. The first kappa shape index (κ1) is 25.5. The highest BCUT2D eigenvalue weighted by atomic mass is 16.7. The molecule has 0 aliphatic carbocycles. The Morgan fingerprint density at radius 3 is 2.82 bits per heavy atom. The van der Waals surface area contributed by atoms with Crippen molar-refractivity contribution in [1.82, 2.24) is 30.1 Å². The Morgan fingerprint density at radius 1 is 1.13 bits per heavy atom. The molecule has 4 heterocycles. The first-order valence-electron chi connectivity index (χ1n) is 13.6. The van der Waals surface area contributed by atoms with E-state index in [0.29, 0.717) is 25.2 Å². The zero-order valence-electron chi connectivity index (χ0n) is 22.6. The van der Waals surface area contributed by atoms with Crippen molar-refractivity contribution in [2.75, 3.05) is 13.4 Å². The van der Waals surface area contributed by atoms with Crippen molar-refractivity contribution in [2.45, 2.75) is 71.8 Å². The maximum atomic E-state index is 13.3. The highest BCUT2D eigenvalue weighted by Crippen LogP contribution is 2.34. The average Bonchev–Trinajstić information content (AvgIpc) is 3.69. The van der Waals surface area contributed by atoms with E-state index < -0.39 is 0 Å². The van der Waals surface area contributed by atoms with E-state index in [0.717, 1.165) is 70.8 Å². The molecule has 2 aliphatic heterocycles. The Morgan fingerprint density at radius 2 is 2.00 bits per heavy atom. The molecule has 6 rings (SSSR count). The smallest absolute Gasteiger partial charge is 0.252 e. The molecule has 1 fully saturated rings. The van der Waals surface area contributed by atoms with Gasteiger partial charge in [-0.05, 0) is 84.3 Å². The van der Waals surface area contributed by atoms with E-state index in [9.17, 15) is 4.79 Å². The second-order valence-electron chi connectivity index (χ2n) is 10.5. The topological polar surface area (TPSA) is 107 Å². The summed E-state index contributed by atoms with van der Waals surface area (Å²) in [5.41, 5.74) is 4.77. The predicted molar refractivity (Wildman–Crippen MR) is 146 cm³/mol. The van der Waals surface area contributed by atoms with Gasteiger partial charge >= 0.3 is 0 Å². The fourth-order valence-corrected chi connectivity index (χ4v) is 5.78. The van der Waals surface area contributed by atoms with Crippen molar-refractivity contribution in [3.63, 3.8) is 0 Å². The molecule has 39 heavy (non-hydrogen) atoms. The quantitative estimate of drug-likeness (QED) is 0.343. The molecule has 2 atom stereocenters. The van der Waals surface area contributed by atoms with Crippen molar-refractivity contribution in [3.8, 4) is 11.5 Å². The van der Waals surface area contributed by atoms with Crippen LogP contribution in [0.2, 0.25) is 0 Å². The summed E-state index contributed by atoms with van der Waals surface area (Å²) >= 11 is 0. The van der Waals surface area contributed by atoms with Gasteiger partial charge in [0.15, 0.2) is 17.3 Å². The number of aromatic amines is 1. The highest BCUT2D eigenvalue weighted by molar-refractivity contribution is 5.82. The molecule has 4 aromatic rings. The zero-order valence-corrected chi connectivity index (χ0v) is 22.6. The third kappa shape index (κ3) is 5.26. The number of aromatic nitrogens is 5. The van der Waals surface area contributed by atoms with Crippen LogP contribution < -0.4 is 15.0 Å². The van der Waals surface area contributed by atoms with Gasteiger partial charge in [0.2, 0.25) is 6.79 Å². The minimum Gasteiger partial charge on any atom is -0.454 e. The maximum Gasteiger partial charge on any atom is 0.252 e. The molecule has 2 aliphatic rings. The number of ether oxygens (including phenoxy) is 3. The van der Waals surface area contributed by atoms with Gasteiger partial charge in [0.25, 0.3) is 5.56 Å². The monoisotopic (exact) mass is 530 g/mol. The lowest BCUT2D eigenvalue weighted by atomic mass is 10.0. The lowest BCUT2D eigenvalue weighted by molar-refractivity contribution is 0.0888. The third-order valence-electron chi connectivity index (χ3n) is 7.65. The van der Waals surface area contributed by atoms with Crippen molar-refractivity contribution >= 4 is 10.9 Å². The van der Waals surface area contributed by atoms with Gasteiger partial charge in [-0.15, -0.1) is 5.10 Å². The first-order chi connectivity index (χ1) is 19.0. The van der Waals surface area contributed by atoms with Gasteiger partial charge in [-0.25, -0.2) is 4.68 Å². The summed E-state index contributed by atoms with van der Waals surface area (Å²) < 4.78 is 18.9. The van der Waals surface area contributed by atoms with Crippen molar-refractivity contribution in [1.29, 1.82) is 0 Å². The number of fused-ring (bicyclic) bond motifs is 2. The number of nitrogens with zero attached hydrogens (tertiary/aromatic N) is 5. The summed E-state index contributed by atoms with van der Waals surface area (Å²) in [6.45, 7) is 8.85. The van der Waals surface area contributed by atoms with Gasteiger partial charge < -0.3 is 19.2 Å². The number of rotatable bonds is 9. The largest absolute Gasteiger partial charge is 0.454 e. The molecule has 2 aromatic carbocycles. The Balaban J connectivity index is 1.37. The van der Waals surface area contributed by atoms with Gasteiger partial charge in [0, 0.05) is 25.3 Å². The van der Waals surface area contributed by atoms with Gasteiger partial charge in [-0.2, -0.15) is 0 Å². The molecule has 10 nitrogen and oxygen atoms in total. The highest BCUT2D eigenvalue weighted by Gasteiger charge is 2.28. The molecular weight excluding hydrogens is 496 g/mol. The number of H-pyrrole nitrogens is 1. The van der Waals surface area contributed by atoms with Crippen LogP contribution in [-0.2, 0) is 24.4 Å². The van der Waals surface area contributed by atoms with Crippen LogP contribution in [0.5, 0.6) is 11.5 Å². The van der Waals surface area contributed by atoms with Crippen molar-refractivity contribution in [3.05, 3.63) is 74.8 Å². The molecule has 2 aromatic heterocycles. The van der Waals surface area contributed by atoms with Crippen LogP contribution in [0, 0.1) is 13.8 Å². The number of nitrogens with one attached hydrogen (secondary N) is 1. The van der Waals surface area contributed by atoms with E-state index in [1.54, 1.807) is 0 Å². The van der Waals surface area contributed by atoms with E-state index in [1.807, 2.05) is 35.9 Å². The summed E-state index contributed by atoms with van der Waals surface area (Å²) in [6.07, 6.45) is 2.93. The molecule has 0 unspecified atom stereocenters. The van der Waals surface area contributed by atoms with E-state index >= 15 is 0 Å². The summed E-state index contributed by atoms with van der Waals surface area (Å²) in [4.78, 5) is 18.7. The number of tetrazole rings is 1. The predicted octanol–water partition coefficient (Wildman–Crippen LogP) is 4.19. The fraction of sp³-hybridized carbons (Fsp3) is 0.448. The van der Waals surface area contributed by atoms with Crippen LogP contribution in [0.4, 0.5) is 0 Å². The second-order valence-corrected chi connectivity index (χ2v) is 10.5. The van der Waals surface area contributed by atoms with Crippen LogP contribution in [0.15, 0.2) is 41.2 Å². The molecule has 10 heteroatoms. The number of hydrogen-bond donors (Lipinski definition) is 1. The number of aryl methyl sites for hydroxylation is 2. The SMILES string of the molecule is CC[C@H](c1nnnn1C[C@@H]1CCCO1)N(Cc1ccc2c(c1)OCO2)Cc1cc2cc(C)cc(C)c2[nH]c1=O. The Labute approximate surface area is 226 Å². The van der Waals surface area contributed by atoms with Gasteiger partial charge in [0.1, 0.15) is 0 Å². The molecule has 0 saturated carbocycles. The average molecular weight is 531 g/mol. The van der Waals surface area contributed by atoms with E-state index in [-0.39, 0.29) is 24.5 Å². The van der Waals surface area contributed by atoms with Crippen LogP contribution in [0.3, 0.4) is 0 Å². The number of benzene rings is 2. The van der Waals surface area contributed by atoms with Crippen LogP contribution in [-0.4, -0.2) is 49.6 Å². The van der Waals surface area contributed by atoms with Crippen LogP contribution in [0.25, 0.3) is 10.9 Å². The summed E-state index contributed by atoms with van der Waals surface area (Å²) in [5, 5.41) is 13.8. The third-order valence-corrected chi connectivity index (χ3v) is 7.65. The van der Waals surface area contributed by atoms with Gasteiger partial charge in [0.05, 0.1) is 24.2 Å². The molecule has 1 N–H and O–H groups in total. The molecule has 204 valence electrons. The van der Waals surface area contributed by atoms with Crippen molar-refractivity contribution < 1.29 is 14.2 Å². The minimum atomic E-state index is -0.124. The molecule has 0 spiro atoms. The number of pyridine rings is 1. The summed E-state index contributed by atoms with van der Waals surface area (Å²) in [5.74, 6) is 2.26. The Bertz CT molecular complexity index is 1540.